The lowest BCUT2D eigenvalue weighted by atomic mass is 9.87. The van der Waals surface area contributed by atoms with Crippen LogP contribution in [0.1, 0.15) is 36.7 Å². The predicted molar refractivity (Wildman–Crippen MR) is 107 cm³/mol. The van der Waals surface area contributed by atoms with Crippen LogP contribution < -0.4 is 15.6 Å². The lowest BCUT2D eigenvalue weighted by molar-refractivity contribution is 0.0962. The van der Waals surface area contributed by atoms with Crippen molar-refractivity contribution in [1.82, 2.24) is 10.4 Å². The molecule has 0 spiro atoms. The third-order valence-corrected chi connectivity index (χ3v) is 5.41. The zero-order valence-electron chi connectivity index (χ0n) is 15.0. The number of rotatable bonds is 4. The van der Waals surface area contributed by atoms with Crippen molar-refractivity contribution in [3.63, 3.8) is 0 Å². The number of methoxy groups -OCH3 is 1. The molecule has 0 radical (unpaired) electrons. The average molecular weight is 390 g/mol. The van der Waals surface area contributed by atoms with Gasteiger partial charge in [0.2, 0.25) is 5.13 Å². The lowest BCUT2D eigenvalue weighted by Crippen LogP contribution is -2.29. The van der Waals surface area contributed by atoms with Gasteiger partial charge in [-0.15, -0.1) is 0 Å². The van der Waals surface area contributed by atoms with Crippen molar-refractivity contribution >= 4 is 44.2 Å². The second-order valence-electron chi connectivity index (χ2n) is 6.85. The molecule has 2 N–H and O–H groups in total. The van der Waals surface area contributed by atoms with E-state index < -0.39 is 0 Å². The standard InChI is InChI=1S/C19H20ClN3O2S/c1-19(2,3)12-7-5-11(6-8-12)17(24)22-23-18-21-15-14(25-4)10-9-13(20)16(15)26-18/h5-10H,1-4H3,(H,21,23)(H,22,24). The van der Waals surface area contributed by atoms with Gasteiger partial charge in [0.25, 0.3) is 5.91 Å². The predicted octanol–water partition coefficient (Wildman–Crippen LogP) is 5.01. The van der Waals surface area contributed by atoms with E-state index in [1.54, 1.807) is 19.2 Å². The normalized spacial score (nSPS) is 11.4. The van der Waals surface area contributed by atoms with E-state index in [9.17, 15) is 4.79 Å². The van der Waals surface area contributed by atoms with Gasteiger partial charge < -0.3 is 4.74 Å². The summed E-state index contributed by atoms with van der Waals surface area (Å²) in [6.45, 7) is 6.41. The largest absolute Gasteiger partial charge is 0.494 e. The molecule has 0 saturated heterocycles. The Kier molecular flexibility index (Phi) is 5.07. The van der Waals surface area contributed by atoms with Gasteiger partial charge in [-0.2, -0.15) is 0 Å². The van der Waals surface area contributed by atoms with E-state index in [1.165, 1.54) is 16.9 Å². The maximum absolute atomic E-state index is 12.3. The molecule has 0 bridgehead atoms. The number of carbonyl (C=O) groups excluding carboxylic acids is 1. The Hall–Kier alpha value is -2.31. The van der Waals surface area contributed by atoms with Gasteiger partial charge >= 0.3 is 0 Å². The van der Waals surface area contributed by atoms with Crippen LogP contribution in [-0.4, -0.2) is 18.0 Å². The highest BCUT2D eigenvalue weighted by molar-refractivity contribution is 7.22. The van der Waals surface area contributed by atoms with E-state index in [4.69, 9.17) is 16.3 Å². The van der Waals surface area contributed by atoms with Crippen LogP contribution in [0.5, 0.6) is 5.75 Å². The van der Waals surface area contributed by atoms with Gasteiger partial charge in [-0.3, -0.25) is 15.6 Å². The number of amides is 1. The van der Waals surface area contributed by atoms with E-state index >= 15 is 0 Å². The first-order valence-electron chi connectivity index (χ1n) is 8.09. The van der Waals surface area contributed by atoms with Crippen LogP contribution in [0.3, 0.4) is 0 Å². The number of aromatic nitrogens is 1. The average Bonchev–Trinajstić information content (AvgIpc) is 3.04. The summed E-state index contributed by atoms with van der Waals surface area (Å²) in [5, 5.41) is 1.13. The Labute approximate surface area is 161 Å². The summed E-state index contributed by atoms with van der Waals surface area (Å²) < 4.78 is 6.10. The first-order chi connectivity index (χ1) is 12.3. The van der Waals surface area contributed by atoms with Gasteiger partial charge in [-0.1, -0.05) is 55.8 Å². The molecule has 0 unspecified atom stereocenters. The van der Waals surface area contributed by atoms with Crippen molar-refractivity contribution in [2.24, 2.45) is 0 Å². The number of anilines is 1. The highest BCUT2D eigenvalue weighted by atomic mass is 35.5. The van der Waals surface area contributed by atoms with Crippen molar-refractivity contribution in [2.75, 3.05) is 12.5 Å². The maximum atomic E-state index is 12.3. The van der Waals surface area contributed by atoms with Gasteiger partial charge in [0, 0.05) is 5.56 Å². The number of hydrogen-bond acceptors (Lipinski definition) is 5. The van der Waals surface area contributed by atoms with Gasteiger partial charge in [0.05, 0.1) is 16.8 Å². The van der Waals surface area contributed by atoms with Crippen LogP contribution in [0, 0.1) is 0 Å². The number of carbonyl (C=O) groups is 1. The van der Waals surface area contributed by atoms with Crippen molar-refractivity contribution < 1.29 is 9.53 Å². The van der Waals surface area contributed by atoms with Crippen molar-refractivity contribution in [3.05, 3.63) is 52.5 Å². The highest BCUT2D eigenvalue weighted by Crippen LogP contribution is 2.37. The molecule has 136 valence electrons. The van der Waals surface area contributed by atoms with Crippen LogP contribution in [-0.2, 0) is 5.41 Å². The number of fused-ring (bicyclic) bond motifs is 1. The number of nitrogens with zero attached hydrogens (tertiary/aromatic N) is 1. The number of nitrogens with one attached hydrogen (secondary N) is 2. The summed E-state index contributed by atoms with van der Waals surface area (Å²) in [4.78, 5) is 16.8. The molecule has 7 heteroatoms. The highest BCUT2D eigenvalue weighted by Gasteiger charge is 2.15. The fourth-order valence-electron chi connectivity index (χ4n) is 2.47. The Morgan fingerprint density at radius 3 is 2.46 bits per heavy atom. The van der Waals surface area contributed by atoms with Crippen LogP contribution in [0.2, 0.25) is 5.02 Å². The van der Waals surface area contributed by atoms with Gasteiger partial charge in [-0.05, 0) is 35.2 Å². The first-order valence-corrected chi connectivity index (χ1v) is 9.29. The molecule has 3 aromatic rings. The molecule has 1 aromatic heterocycles. The molecule has 3 rings (SSSR count). The second kappa shape index (κ2) is 7.13. The zero-order chi connectivity index (χ0) is 18.9. The third kappa shape index (κ3) is 3.76. The summed E-state index contributed by atoms with van der Waals surface area (Å²) in [6, 6.07) is 11.1. The zero-order valence-corrected chi connectivity index (χ0v) is 16.6. The molecule has 0 aliphatic rings. The minimum absolute atomic E-state index is 0.0482. The maximum Gasteiger partial charge on any atom is 0.269 e. The van der Waals surface area contributed by atoms with Crippen molar-refractivity contribution in [1.29, 1.82) is 0 Å². The molecular formula is C19H20ClN3O2S. The van der Waals surface area contributed by atoms with E-state index in [0.717, 1.165) is 4.70 Å². The Bertz CT molecular complexity index is 946. The summed E-state index contributed by atoms with van der Waals surface area (Å²) in [5.74, 6) is 0.403. The molecule has 0 aliphatic heterocycles. The fourth-order valence-corrected chi connectivity index (χ4v) is 3.58. The summed E-state index contributed by atoms with van der Waals surface area (Å²) in [7, 11) is 1.58. The van der Waals surface area contributed by atoms with Crippen LogP contribution in [0.15, 0.2) is 36.4 Å². The topological polar surface area (TPSA) is 63.2 Å². The van der Waals surface area contributed by atoms with E-state index in [2.05, 4.69) is 36.6 Å². The lowest BCUT2D eigenvalue weighted by Gasteiger charge is -2.19. The number of hydrazine groups is 1. The second-order valence-corrected chi connectivity index (χ2v) is 8.26. The molecule has 1 amide bonds. The quantitative estimate of drug-likeness (QED) is 0.615. The number of ether oxygens (including phenoxy) is 1. The molecule has 0 saturated carbocycles. The van der Waals surface area contributed by atoms with E-state index in [-0.39, 0.29) is 11.3 Å². The SMILES string of the molecule is COc1ccc(Cl)c2sc(NNC(=O)c3ccc(C(C)(C)C)cc3)nc12. The van der Waals surface area contributed by atoms with Gasteiger partial charge in [0.1, 0.15) is 11.3 Å². The summed E-state index contributed by atoms with van der Waals surface area (Å²) in [5.41, 5.74) is 7.97. The minimum Gasteiger partial charge on any atom is -0.494 e. The third-order valence-electron chi connectivity index (χ3n) is 3.97. The number of halogens is 1. The number of thiazole rings is 1. The van der Waals surface area contributed by atoms with E-state index in [0.29, 0.717) is 27.0 Å². The van der Waals surface area contributed by atoms with Crippen molar-refractivity contribution in [3.8, 4) is 5.75 Å². The summed E-state index contributed by atoms with van der Waals surface area (Å²) >= 11 is 7.56. The molecular weight excluding hydrogens is 370 g/mol. The fraction of sp³-hybridized carbons (Fsp3) is 0.263. The molecule has 5 nitrogen and oxygen atoms in total. The Morgan fingerprint density at radius 2 is 1.85 bits per heavy atom. The van der Waals surface area contributed by atoms with E-state index in [1.807, 2.05) is 24.3 Å². The Balaban J connectivity index is 1.73. The van der Waals surface area contributed by atoms with Gasteiger partial charge in [0.15, 0.2) is 0 Å². The monoisotopic (exact) mass is 389 g/mol. The van der Waals surface area contributed by atoms with Crippen LogP contribution in [0.25, 0.3) is 10.2 Å². The van der Waals surface area contributed by atoms with Gasteiger partial charge in [-0.25, -0.2) is 4.98 Å². The summed E-state index contributed by atoms with van der Waals surface area (Å²) in [6.07, 6.45) is 0. The molecule has 2 aromatic carbocycles. The number of hydrogen-bond donors (Lipinski definition) is 2. The first kappa shape index (κ1) is 18.5. The molecule has 26 heavy (non-hydrogen) atoms. The molecule has 0 fully saturated rings. The smallest absolute Gasteiger partial charge is 0.269 e. The number of benzene rings is 2. The molecule has 0 aliphatic carbocycles. The van der Waals surface area contributed by atoms with Crippen molar-refractivity contribution in [2.45, 2.75) is 26.2 Å². The Morgan fingerprint density at radius 1 is 1.15 bits per heavy atom. The van der Waals surface area contributed by atoms with Crippen LogP contribution in [0.4, 0.5) is 5.13 Å². The molecule has 1 heterocycles. The minimum atomic E-state index is -0.234. The molecule has 0 atom stereocenters. The van der Waals surface area contributed by atoms with Crippen LogP contribution >= 0.6 is 22.9 Å².